The number of rotatable bonds is 6. The van der Waals surface area contributed by atoms with Crippen molar-refractivity contribution in [2.75, 3.05) is 0 Å². The molecular formula is C10H17N3O3. The normalized spacial score (nSPS) is 12.7. The maximum Gasteiger partial charge on any atom is 0.358 e. The third-order valence-electron chi connectivity index (χ3n) is 2.38. The molecule has 0 bridgehead atoms. The minimum absolute atomic E-state index is 0.00912. The molecule has 0 spiro atoms. The van der Waals surface area contributed by atoms with E-state index in [9.17, 15) is 9.90 Å². The van der Waals surface area contributed by atoms with Gasteiger partial charge >= 0.3 is 5.97 Å². The average Bonchev–Trinajstić information content (AvgIpc) is 2.62. The molecule has 0 aliphatic rings. The zero-order chi connectivity index (χ0) is 12.1. The summed E-state index contributed by atoms with van der Waals surface area (Å²) in [4.78, 5) is 10.9. The third kappa shape index (κ3) is 2.79. The van der Waals surface area contributed by atoms with E-state index in [1.165, 1.54) is 4.68 Å². The molecule has 2 N–H and O–H groups in total. The van der Waals surface area contributed by atoms with Gasteiger partial charge in [0.2, 0.25) is 0 Å². The minimum atomic E-state index is -1.07. The number of nitrogens with zero attached hydrogens (tertiary/aromatic N) is 3. The quantitative estimate of drug-likeness (QED) is 0.746. The van der Waals surface area contributed by atoms with Crippen LogP contribution in [0.2, 0.25) is 0 Å². The van der Waals surface area contributed by atoms with Crippen LogP contribution >= 0.6 is 0 Å². The molecule has 1 rings (SSSR count). The van der Waals surface area contributed by atoms with Crippen LogP contribution in [0, 0.1) is 0 Å². The highest BCUT2D eigenvalue weighted by molar-refractivity contribution is 5.86. The van der Waals surface area contributed by atoms with Crippen LogP contribution in [0.3, 0.4) is 0 Å². The van der Waals surface area contributed by atoms with E-state index in [4.69, 9.17) is 5.11 Å². The summed E-state index contributed by atoms with van der Waals surface area (Å²) in [6, 6.07) is 0. The van der Waals surface area contributed by atoms with Crippen LogP contribution in [0.5, 0.6) is 0 Å². The number of aromatic carboxylic acids is 1. The lowest BCUT2D eigenvalue weighted by atomic mass is 10.2. The van der Waals surface area contributed by atoms with E-state index in [-0.39, 0.29) is 5.69 Å². The number of carboxylic acids is 1. The van der Waals surface area contributed by atoms with E-state index in [1.54, 1.807) is 0 Å². The Bertz CT molecular complexity index is 362. The lowest BCUT2D eigenvalue weighted by Crippen LogP contribution is -2.18. The van der Waals surface area contributed by atoms with Crippen molar-refractivity contribution in [3.8, 4) is 0 Å². The fraction of sp³-hybridized carbons (Fsp3) is 0.700. The average molecular weight is 227 g/mol. The first-order chi connectivity index (χ1) is 7.60. The van der Waals surface area contributed by atoms with Crippen molar-refractivity contribution < 1.29 is 15.0 Å². The SMILES string of the molecule is CCCc1c(C(=O)O)nnn1CC(O)CC. The van der Waals surface area contributed by atoms with Crippen LogP contribution in [0.15, 0.2) is 0 Å². The van der Waals surface area contributed by atoms with Gasteiger partial charge in [0.25, 0.3) is 0 Å². The Kier molecular flexibility index (Phi) is 4.42. The fourth-order valence-electron chi connectivity index (χ4n) is 1.46. The van der Waals surface area contributed by atoms with E-state index in [2.05, 4.69) is 10.3 Å². The van der Waals surface area contributed by atoms with Crippen LogP contribution in [-0.2, 0) is 13.0 Å². The molecule has 1 aromatic rings. The smallest absolute Gasteiger partial charge is 0.358 e. The van der Waals surface area contributed by atoms with Gasteiger partial charge in [0.05, 0.1) is 18.3 Å². The molecule has 1 heterocycles. The first kappa shape index (κ1) is 12.6. The minimum Gasteiger partial charge on any atom is -0.476 e. The molecule has 0 aliphatic heterocycles. The predicted octanol–water partition coefficient (Wildman–Crippen LogP) is 0.700. The Hall–Kier alpha value is -1.43. The highest BCUT2D eigenvalue weighted by atomic mass is 16.4. The highest BCUT2D eigenvalue weighted by Crippen LogP contribution is 2.10. The molecule has 1 atom stereocenters. The Morgan fingerprint density at radius 1 is 1.50 bits per heavy atom. The molecule has 0 saturated carbocycles. The van der Waals surface area contributed by atoms with Crippen molar-refractivity contribution in [3.63, 3.8) is 0 Å². The summed E-state index contributed by atoms with van der Waals surface area (Å²) >= 11 is 0. The summed E-state index contributed by atoms with van der Waals surface area (Å²) in [5.41, 5.74) is 0.577. The Morgan fingerprint density at radius 2 is 2.19 bits per heavy atom. The Morgan fingerprint density at radius 3 is 2.69 bits per heavy atom. The molecule has 6 nitrogen and oxygen atoms in total. The van der Waals surface area contributed by atoms with Gasteiger partial charge in [0.15, 0.2) is 5.69 Å². The van der Waals surface area contributed by atoms with Crippen molar-refractivity contribution in [1.29, 1.82) is 0 Å². The van der Waals surface area contributed by atoms with Gasteiger partial charge < -0.3 is 10.2 Å². The first-order valence-corrected chi connectivity index (χ1v) is 5.43. The summed E-state index contributed by atoms with van der Waals surface area (Å²) in [6.45, 7) is 4.12. The van der Waals surface area contributed by atoms with E-state index in [0.29, 0.717) is 25.1 Å². The van der Waals surface area contributed by atoms with Gasteiger partial charge in [-0.25, -0.2) is 9.48 Å². The van der Waals surface area contributed by atoms with Crippen molar-refractivity contribution in [2.45, 2.75) is 45.8 Å². The van der Waals surface area contributed by atoms with Crippen molar-refractivity contribution in [2.24, 2.45) is 0 Å². The second kappa shape index (κ2) is 5.60. The Balaban J connectivity index is 2.95. The molecule has 0 aliphatic carbocycles. The van der Waals surface area contributed by atoms with Gasteiger partial charge in [-0.15, -0.1) is 5.10 Å². The van der Waals surface area contributed by atoms with Crippen molar-refractivity contribution >= 4 is 5.97 Å². The number of carbonyl (C=O) groups is 1. The first-order valence-electron chi connectivity index (χ1n) is 5.43. The predicted molar refractivity (Wildman–Crippen MR) is 57.3 cm³/mol. The zero-order valence-electron chi connectivity index (χ0n) is 9.55. The van der Waals surface area contributed by atoms with Crippen LogP contribution in [-0.4, -0.2) is 37.3 Å². The molecule has 1 unspecified atom stereocenters. The molecule has 16 heavy (non-hydrogen) atoms. The van der Waals surface area contributed by atoms with Gasteiger partial charge in [-0.05, 0) is 12.8 Å². The maximum atomic E-state index is 10.9. The monoisotopic (exact) mass is 227 g/mol. The number of aromatic nitrogens is 3. The number of carboxylic acid groups (broad SMARTS) is 1. The van der Waals surface area contributed by atoms with Gasteiger partial charge in [-0.2, -0.15) is 0 Å². The highest BCUT2D eigenvalue weighted by Gasteiger charge is 2.19. The molecule has 0 aromatic carbocycles. The van der Waals surface area contributed by atoms with Crippen molar-refractivity contribution in [3.05, 3.63) is 11.4 Å². The summed E-state index contributed by atoms with van der Waals surface area (Å²) in [7, 11) is 0. The van der Waals surface area contributed by atoms with Crippen LogP contribution in [0.1, 0.15) is 42.9 Å². The van der Waals surface area contributed by atoms with Crippen molar-refractivity contribution in [1.82, 2.24) is 15.0 Å². The van der Waals surface area contributed by atoms with E-state index < -0.39 is 12.1 Å². The van der Waals surface area contributed by atoms with E-state index in [1.807, 2.05) is 13.8 Å². The lowest BCUT2D eigenvalue weighted by Gasteiger charge is -2.09. The molecular weight excluding hydrogens is 210 g/mol. The van der Waals surface area contributed by atoms with E-state index in [0.717, 1.165) is 6.42 Å². The van der Waals surface area contributed by atoms with E-state index >= 15 is 0 Å². The van der Waals surface area contributed by atoms with Gasteiger partial charge in [-0.1, -0.05) is 25.5 Å². The van der Waals surface area contributed by atoms with Crippen LogP contribution in [0.25, 0.3) is 0 Å². The zero-order valence-corrected chi connectivity index (χ0v) is 9.55. The molecule has 6 heteroatoms. The maximum absolute atomic E-state index is 10.9. The summed E-state index contributed by atoms with van der Waals surface area (Å²) in [6.07, 6.45) is 1.51. The molecule has 90 valence electrons. The van der Waals surface area contributed by atoms with Gasteiger partial charge in [0.1, 0.15) is 0 Å². The molecule has 0 radical (unpaired) electrons. The topological polar surface area (TPSA) is 88.2 Å². The number of aliphatic hydroxyl groups is 1. The third-order valence-corrected chi connectivity index (χ3v) is 2.38. The standard InChI is InChI=1S/C10H17N3O3/c1-3-5-8-9(10(15)16)11-12-13(8)6-7(14)4-2/h7,14H,3-6H2,1-2H3,(H,15,16). The number of hydrogen-bond acceptors (Lipinski definition) is 4. The second-order valence-electron chi connectivity index (χ2n) is 3.68. The van der Waals surface area contributed by atoms with Crippen LogP contribution in [0.4, 0.5) is 0 Å². The second-order valence-corrected chi connectivity index (χ2v) is 3.68. The number of hydrogen-bond donors (Lipinski definition) is 2. The summed E-state index contributed by atoms with van der Waals surface area (Å²) in [5.74, 6) is -1.07. The summed E-state index contributed by atoms with van der Waals surface area (Å²) < 4.78 is 1.49. The molecule has 1 aromatic heterocycles. The molecule has 0 amide bonds. The fourth-order valence-corrected chi connectivity index (χ4v) is 1.46. The number of aliphatic hydroxyl groups excluding tert-OH is 1. The summed E-state index contributed by atoms with van der Waals surface area (Å²) in [5, 5.41) is 25.8. The van der Waals surface area contributed by atoms with Gasteiger partial charge in [0, 0.05) is 0 Å². The Labute approximate surface area is 93.9 Å². The molecule has 0 fully saturated rings. The van der Waals surface area contributed by atoms with Gasteiger partial charge in [-0.3, -0.25) is 0 Å². The lowest BCUT2D eigenvalue weighted by molar-refractivity contribution is 0.0688. The van der Waals surface area contributed by atoms with Crippen LogP contribution < -0.4 is 0 Å². The molecule has 0 saturated heterocycles. The largest absolute Gasteiger partial charge is 0.476 e.